The number of pyridine rings is 1. The van der Waals surface area contributed by atoms with Gasteiger partial charge in [-0.05, 0) is 12.1 Å². The van der Waals surface area contributed by atoms with Gasteiger partial charge in [-0.15, -0.1) is 0 Å². The highest BCUT2D eigenvalue weighted by molar-refractivity contribution is 6.44. The first kappa shape index (κ1) is 5.31. The van der Waals surface area contributed by atoms with Crippen molar-refractivity contribution in [1.29, 1.82) is 0 Å². The monoisotopic (exact) mass is 107 g/mol. The third-order valence-corrected chi connectivity index (χ3v) is 0.888. The summed E-state index contributed by atoms with van der Waals surface area (Å²) >= 11 is 0. The molecule has 40 valence electrons. The van der Waals surface area contributed by atoms with E-state index in [0.29, 0.717) is 5.59 Å². The Kier molecular flexibility index (Phi) is 1.64. The van der Waals surface area contributed by atoms with Gasteiger partial charge in [0.25, 0.3) is 0 Å². The van der Waals surface area contributed by atoms with Crippen LogP contribution in [-0.2, 0) is 0 Å². The number of hydrogen-bond donors (Lipinski definition) is 1. The molecule has 1 heterocycles. The molecule has 1 aromatic heterocycles. The Balaban J connectivity index is 2.83. The molecule has 0 aliphatic carbocycles. The maximum atomic E-state index is 8.48. The van der Waals surface area contributed by atoms with Crippen molar-refractivity contribution in [2.24, 2.45) is 0 Å². The maximum absolute atomic E-state index is 8.48. The highest BCUT2D eigenvalue weighted by Gasteiger charge is 1.87. The summed E-state index contributed by atoms with van der Waals surface area (Å²) in [6, 6.07) is 5.44. The lowest BCUT2D eigenvalue weighted by Gasteiger charge is -1.86. The number of rotatable bonds is 1. The van der Waals surface area contributed by atoms with Gasteiger partial charge in [-0.3, -0.25) is 4.98 Å². The van der Waals surface area contributed by atoms with E-state index in [4.69, 9.17) is 5.02 Å². The molecule has 0 saturated carbocycles. The van der Waals surface area contributed by atoms with E-state index in [1.54, 1.807) is 12.3 Å². The van der Waals surface area contributed by atoms with Gasteiger partial charge in [-0.2, -0.15) is 0 Å². The van der Waals surface area contributed by atoms with Gasteiger partial charge in [0.2, 0.25) is 0 Å². The SMILES string of the molecule is OBc1ccccn1. The van der Waals surface area contributed by atoms with Gasteiger partial charge >= 0.3 is 7.48 Å². The molecule has 3 heteroatoms. The Hall–Kier alpha value is -0.825. The van der Waals surface area contributed by atoms with E-state index in [-0.39, 0.29) is 7.48 Å². The first-order chi connectivity index (χ1) is 3.93. The zero-order valence-electron chi connectivity index (χ0n) is 4.41. The van der Waals surface area contributed by atoms with Crippen molar-refractivity contribution in [3.8, 4) is 0 Å². The summed E-state index contributed by atoms with van der Waals surface area (Å²) in [5.74, 6) is 0. The van der Waals surface area contributed by atoms with Gasteiger partial charge in [-0.25, -0.2) is 0 Å². The quantitative estimate of drug-likeness (QED) is 0.469. The van der Waals surface area contributed by atoms with Crippen molar-refractivity contribution in [2.75, 3.05) is 0 Å². The van der Waals surface area contributed by atoms with Crippen molar-refractivity contribution in [2.45, 2.75) is 0 Å². The van der Waals surface area contributed by atoms with Crippen LogP contribution in [0.2, 0.25) is 0 Å². The van der Waals surface area contributed by atoms with Crippen molar-refractivity contribution in [3.05, 3.63) is 24.4 Å². The van der Waals surface area contributed by atoms with Crippen LogP contribution in [0, 0.1) is 0 Å². The summed E-state index contributed by atoms with van der Waals surface area (Å²) in [5, 5.41) is 8.48. The largest absolute Gasteiger partial charge is 0.448 e. The number of hydrogen-bond acceptors (Lipinski definition) is 2. The molecule has 0 bridgehead atoms. The second-order valence-electron chi connectivity index (χ2n) is 1.48. The molecular formula is C5H6BNO. The molecular weight excluding hydrogens is 101 g/mol. The molecule has 0 amide bonds. The summed E-state index contributed by atoms with van der Waals surface area (Å²) in [5.41, 5.74) is 0.715. The van der Waals surface area contributed by atoms with Crippen LogP contribution in [0.3, 0.4) is 0 Å². The predicted molar refractivity (Wildman–Crippen MR) is 33.2 cm³/mol. The van der Waals surface area contributed by atoms with Crippen molar-refractivity contribution < 1.29 is 5.02 Å². The van der Waals surface area contributed by atoms with E-state index in [2.05, 4.69) is 4.98 Å². The summed E-state index contributed by atoms with van der Waals surface area (Å²) in [6.07, 6.45) is 1.66. The fourth-order valence-corrected chi connectivity index (χ4v) is 0.492. The fourth-order valence-electron chi connectivity index (χ4n) is 0.492. The van der Waals surface area contributed by atoms with E-state index in [1.807, 2.05) is 12.1 Å². The molecule has 0 spiro atoms. The van der Waals surface area contributed by atoms with E-state index >= 15 is 0 Å². The van der Waals surface area contributed by atoms with E-state index in [0.717, 1.165) is 0 Å². The Morgan fingerprint density at radius 1 is 1.50 bits per heavy atom. The van der Waals surface area contributed by atoms with Gasteiger partial charge in [0.1, 0.15) is 0 Å². The molecule has 0 radical (unpaired) electrons. The van der Waals surface area contributed by atoms with Crippen LogP contribution in [0.5, 0.6) is 0 Å². The fraction of sp³-hybridized carbons (Fsp3) is 0. The van der Waals surface area contributed by atoms with Crippen molar-refractivity contribution in [3.63, 3.8) is 0 Å². The van der Waals surface area contributed by atoms with Crippen LogP contribution in [-0.4, -0.2) is 17.5 Å². The second-order valence-corrected chi connectivity index (χ2v) is 1.48. The normalized spacial score (nSPS) is 8.62. The van der Waals surface area contributed by atoms with Crippen LogP contribution < -0.4 is 5.59 Å². The van der Waals surface area contributed by atoms with Gasteiger partial charge in [0.15, 0.2) is 0 Å². The molecule has 0 saturated heterocycles. The highest BCUT2D eigenvalue weighted by atomic mass is 16.2. The van der Waals surface area contributed by atoms with Gasteiger partial charge < -0.3 is 5.02 Å². The Bertz CT molecular complexity index is 154. The zero-order chi connectivity index (χ0) is 5.82. The third kappa shape index (κ3) is 1.07. The van der Waals surface area contributed by atoms with Crippen molar-refractivity contribution >= 4 is 13.1 Å². The van der Waals surface area contributed by atoms with E-state index < -0.39 is 0 Å². The average Bonchev–Trinajstić information content (AvgIpc) is 1.90. The Morgan fingerprint density at radius 3 is 2.75 bits per heavy atom. The van der Waals surface area contributed by atoms with Crippen LogP contribution in [0.4, 0.5) is 0 Å². The first-order valence-electron chi connectivity index (χ1n) is 2.44. The molecule has 0 aromatic carbocycles. The van der Waals surface area contributed by atoms with Crippen molar-refractivity contribution in [1.82, 2.24) is 4.98 Å². The molecule has 1 N–H and O–H groups in total. The predicted octanol–water partition coefficient (Wildman–Crippen LogP) is -0.949. The van der Waals surface area contributed by atoms with Crippen LogP contribution in [0.15, 0.2) is 24.4 Å². The van der Waals surface area contributed by atoms with Gasteiger partial charge in [0, 0.05) is 11.8 Å². The third-order valence-electron chi connectivity index (χ3n) is 0.888. The van der Waals surface area contributed by atoms with Gasteiger partial charge in [-0.1, -0.05) is 6.07 Å². The lowest BCUT2D eigenvalue weighted by molar-refractivity contribution is 0.614. The average molecular weight is 107 g/mol. The van der Waals surface area contributed by atoms with Crippen LogP contribution >= 0.6 is 0 Å². The molecule has 8 heavy (non-hydrogen) atoms. The Labute approximate surface area is 48.5 Å². The zero-order valence-corrected chi connectivity index (χ0v) is 4.41. The summed E-state index contributed by atoms with van der Waals surface area (Å²) in [6.45, 7) is 0. The minimum atomic E-state index is 0.0286. The lowest BCUT2D eigenvalue weighted by atomic mass is 9.96. The molecule has 0 aliphatic rings. The molecule has 0 aliphatic heterocycles. The smallest absolute Gasteiger partial charge is 0.325 e. The van der Waals surface area contributed by atoms with E-state index in [9.17, 15) is 0 Å². The number of aromatic nitrogens is 1. The Morgan fingerprint density at radius 2 is 2.38 bits per heavy atom. The summed E-state index contributed by atoms with van der Waals surface area (Å²) < 4.78 is 0. The van der Waals surface area contributed by atoms with Gasteiger partial charge in [0.05, 0.1) is 0 Å². The maximum Gasteiger partial charge on any atom is 0.325 e. The number of nitrogens with zero attached hydrogens (tertiary/aromatic N) is 1. The van der Waals surface area contributed by atoms with E-state index in [1.165, 1.54) is 0 Å². The minimum Gasteiger partial charge on any atom is -0.448 e. The topological polar surface area (TPSA) is 33.1 Å². The summed E-state index contributed by atoms with van der Waals surface area (Å²) in [7, 11) is 0.0286. The molecule has 0 atom stereocenters. The molecule has 0 fully saturated rings. The summed E-state index contributed by atoms with van der Waals surface area (Å²) in [4.78, 5) is 3.85. The van der Waals surface area contributed by atoms with Crippen LogP contribution in [0.1, 0.15) is 0 Å². The standard InChI is InChI=1S/C5H6BNO/c8-6-5-3-1-2-4-7-5/h1-4,6,8H. The highest BCUT2D eigenvalue weighted by Crippen LogP contribution is 1.72. The molecule has 0 unspecified atom stereocenters. The molecule has 1 aromatic rings. The van der Waals surface area contributed by atoms with Crippen LogP contribution in [0.25, 0.3) is 0 Å². The second kappa shape index (κ2) is 2.47. The molecule has 2 nitrogen and oxygen atoms in total. The first-order valence-corrected chi connectivity index (χ1v) is 2.44. The molecule has 1 rings (SSSR count). The lowest BCUT2D eigenvalue weighted by Crippen LogP contribution is -2.15. The minimum absolute atomic E-state index is 0.0286.